The minimum atomic E-state index is -4.12. The highest BCUT2D eigenvalue weighted by molar-refractivity contribution is 6.01. The standard InChI is InChI=1S/C19H15F2N3O4/c1-10(25)11-6-4-8-14-16(11)28-19(20,21)18(27)24(14)9-15-22-13-7-3-2-5-12(13)17(26)23-15/h2-8,10,25H,9H2,1H3,(H,22,23,26). The first-order valence-corrected chi connectivity index (χ1v) is 8.45. The maximum Gasteiger partial charge on any atom is 0.483 e. The van der Waals surface area contributed by atoms with Gasteiger partial charge in [0.15, 0.2) is 5.75 Å². The molecule has 3 aromatic rings. The third-order valence-electron chi connectivity index (χ3n) is 4.46. The number of anilines is 1. The Morgan fingerprint density at radius 1 is 1.21 bits per heavy atom. The molecule has 1 unspecified atom stereocenters. The maximum absolute atomic E-state index is 14.2. The Kier molecular flexibility index (Phi) is 4.11. The van der Waals surface area contributed by atoms with E-state index in [1.54, 1.807) is 24.3 Å². The van der Waals surface area contributed by atoms with Crippen LogP contribution < -0.4 is 15.2 Å². The van der Waals surface area contributed by atoms with Crippen LogP contribution in [0.5, 0.6) is 5.75 Å². The molecule has 1 atom stereocenters. The van der Waals surface area contributed by atoms with Gasteiger partial charge in [-0.25, -0.2) is 4.98 Å². The lowest BCUT2D eigenvalue weighted by Gasteiger charge is -2.34. The van der Waals surface area contributed by atoms with Crippen molar-refractivity contribution in [3.63, 3.8) is 0 Å². The number of nitrogens with zero attached hydrogens (tertiary/aromatic N) is 2. The molecule has 0 fully saturated rings. The fourth-order valence-electron chi connectivity index (χ4n) is 3.15. The Hall–Kier alpha value is -3.33. The van der Waals surface area contributed by atoms with Gasteiger partial charge in [0.2, 0.25) is 0 Å². The lowest BCUT2D eigenvalue weighted by Crippen LogP contribution is -2.51. The molecule has 1 amide bonds. The summed E-state index contributed by atoms with van der Waals surface area (Å²) in [5.41, 5.74) is 0.123. The smallest absolute Gasteiger partial charge is 0.423 e. The summed E-state index contributed by atoms with van der Waals surface area (Å²) in [7, 11) is 0. The Bertz CT molecular complexity index is 1140. The largest absolute Gasteiger partial charge is 0.483 e. The maximum atomic E-state index is 14.2. The van der Waals surface area contributed by atoms with Crippen LogP contribution in [-0.4, -0.2) is 27.1 Å². The van der Waals surface area contributed by atoms with Gasteiger partial charge < -0.3 is 14.8 Å². The number of hydrogen-bond acceptors (Lipinski definition) is 5. The number of benzene rings is 2. The number of fused-ring (bicyclic) bond motifs is 2. The van der Waals surface area contributed by atoms with E-state index in [9.17, 15) is 23.5 Å². The highest BCUT2D eigenvalue weighted by Crippen LogP contribution is 2.43. The quantitative estimate of drug-likeness (QED) is 0.720. The Morgan fingerprint density at radius 3 is 2.71 bits per heavy atom. The predicted molar refractivity (Wildman–Crippen MR) is 96.2 cm³/mol. The SMILES string of the molecule is CC(O)c1cccc2c1OC(F)(F)C(=O)N2Cc1nc2ccccc2c(=O)[nH]1. The van der Waals surface area contributed by atoms with E-state index in [0.717, 1.165) is 4.90 Å². The number of halogens is 2. The van der Waals surface area contributed by atoms with E-state index >= 15 is 0 Å². The van der Waals surface area contributed by atoms with Crippen molar-refractivity contribution in [2.75, 3.05) is 4.90 Å². The number of rotatable bonds is 3. The number of ether oxygens (including phenoxy) is 1. The van der Waals surface area contributed by atoms with Crippen LogP contribution in [0.15, 0.2) is 47.3 Å². The van der Waals surface area contributed by atoms with Crippen molar-refractivity contribution in [3.05, 3.63) is 64.2 Å². The molecular formula is C19H15F2N3O4. The van der Waals surface area contributed by atoms with E-state index in [1.807, 2.05) is 0 Å². The van der Waals surface area contributed by atoms with E-state index in [2.05, 4.69) is 14.7 Å². The second-order valence-electron chi connectivity index (χ2n) is 6.41. The summed E-state index contributed by atoms with van der Waals surface area (Å²) in [4.78, 5) is 32.1. The number of H-pyrrole nitrogens is 1. The summed E-state index contributed by atoms with van der Waals surface area (Å²) in [5, 5.41) is 10.2. The molecule has 28 heavy (non-hydrogen) atoms. The molecule has 2 N–H and O–H groups in total. The molecule has 1 aliphatic rings. The van der Waals surface area contributed by atoms with Crippen LogP contribution in [0.2, 0.25) is 0 Å². The van der Waals surface area contributed by atoms with E-state index in [1.165, 1.54) is 25.1 Å². The average Bonchev–Trinajstić information content (AvgIpc) is 2.64. The van der Waals surface area contributed by atoms with E-state index < -0.39 is 30.2 Å². The zero-order valence-corrected chi connectivity index (χ0v) is 14.6. The van der Waals surface area contributed by atoms with Crippen LogP contribution in [0.3, 0.4) is 0 Å². The van der Waals surface area contributed by atoms with Crippen molar-refractivity contribution in [2.45, 2.75) is 25.7 Å². The number of nitrogens with one attached hydrogen (secondary N) is 1. The number of aliphatic hydroxyl groups excluding tert-OH is 1. The van der Waals surface area contributed by atoms with Crippen LogP contribution in [0.1, 0.15) is 24.4 Å². The van der Waals surface area contributed by atoms with Gasteiger partial charge in [-0.05, 0) is 25.1 Å². The van der Waals surface area contributed by atoms with E-state index in [-0.39, 0.29) is 22.8 Å². The molecule has 9 heteroatoms. The first-order valence-electron chi connectivity index (χ1n) is 8.45. The van der Waals surface area contributed by atoms with Crippen molar-refractivity contribution in [2.24, 2.45) is 0 Å². The van der Waals surface area contributed by atoms with Crippen LogP contribution in [0.25, 0.3) is 10.9 Å². The van der Waals surface area contributed by atoms with Gasteiger partial charge >= 0.3 is 12.0 Å². The van der Waals surface area contributed by atoms with E-state index in [4.69, 9.17) is 0 Å². The fourth-order valence-corrected chi connectivity index (χ4v) is 3.15. The zero-order chi connectivity index (χ0) is 20.1. The van der Waals surface area contributed by atoms with Crippen molar-refractivity contribution < 1.29 is 23.4 Å². The minimum absolute atomic E-state index is 0.0446. The van der Waals surface area contributed by atoms with Gasteiger partial charge in [-0.15, -0.1) is 0 Å². The minimum Gasteiger partial charge on any atom is -0.423 e. The van der Waals surface area contributed by atoms with Crippen molar-refractivity contribution in [3.8, 4) is 5.75 Å². The molecule has 2 aromatic carbocycles. The summed E-state index contributed by atoms with van der Waals surface area (Å²) >= 11 is 0. The third-order valence-corrected chi connectivity index (χ3v) is 4.46. The number of para-hydroxylation sites is 2. The fraction of sp³-hybridized carbons (Fsp3) is 0.211. The van der Waals surface area contributed by atoms with Crippen LogP contribution in [0.4, 0.5) is 14.5 Å². The normalized spacial score (nSPS) is 16.6. The van der Waals surface area contributed by atoms with Crippen molar-refractivity contribution in [1.29, 1.82) is 0 Å². The van der Waals surface area contributed by atoms with Gasteiger partial charge in [-0.3, -0.25) is 14.5 Å². The number of amides is 1. The lowest BCUT2D eigenvalue weighted by atomic mass is 10.1. The second-order valence-corrected chi connectivity index (χ2v) is 6.41. The summed E-state index contributed by atoms with van der Waals surface area (Å²) in [6, 6.07) is 10.9. The zero-order valence-electron chi connectivity index (χ0n) is 14.6. The summed E-state index contributed by atoms with van der Waals surface area (Å²) in [5.74, 6) is -1.83. The molecule has 1 aliphatic heterocycles. The number of aromatic amines is 1. The van der Waals surface area contributed by atoms with Gasteiger partial charge in [-0.1, -0.05) is 24.3 Å². The Balaban J connectivity index is 1.83. The van der Waals surface area contributed by atoms with Gasteiger partial charge in [-0.2, -0.15) is 8.78 Å². The number of aromatic nitrogens is 2. The summed E-state index contributed by atoms with van der Waals surface area (Å²) in [6.45, 7) is 1.01. The van der Waals surface area contributed by atoms with Gasteiger partial charge in [0, 0.05) is 5.56 Å². The number of aliphatic hydroxyl groups is 1. The molecule has 0 spiro atoms. The highest BCUT2D eigenvalue weighted by atomic mass is 19.3. The number of alkyl halides is 2. The molecule has 7 nitrogen and oxygen atoms in total. The van der Waals surface area contributed by atoms with Gasteiger partial charge in [0.25, 0.3) is 5.56 Å². The molecule has 0 saturated carbocycles. The molecule has 144 valence electrons. The van der Waals surface area contributed by atoms with Crippen LogP contribution in [-0.2, 0) is 11.3 Å². The summed E-state index contributed by atoms with van der Waals surface area (Å²) in [6.07, 6.45) is -5.20. The molecule has 0 saturated heterocycles. The number of hydrogen-bond donors (Lipinski definition) is 2. The molecule has 1 aromatic heterocycles. The van der Waals surface area contributed by atoms with E-state index in [0.29, 0.717) is 10.9 Å². The monoisotopic (exact) mass is 387 g/mol. The molecule has 0 radical (unpaired) electrons. The average molecular weight is 387 g/mol. The second kappa shape index (κ2) is 6.38. The first kappa shape index (κ1) is 18.1. The van der Waals surface area contributed by atoms with Crippen molar-refractivity contribution in [1.82, 2.24) is 9.97 Å². The molecule has 2 heterocycles. The molecule has 0 bridgehead atoms. The lowest BCUT2D eigenvalue weighted by molar-refractivity contribution is -0.193. The number of carbonyl (C=O) groups is 1. The molecule has 0 aliphatic carbocycles. The Labute approximate surface area is 157 Å². The Morgan fingerprint density at radius 2 is 1.96 bits per heavy atom. The molecule has 4 rings (SSSR count). The molecular weight excluding hydrogens is 372 g/mol. The van der Waals surface area contributed by atoms with Gasteiger partial charge in [0.05, 0.1) is 29.2 Å². The third kappa shape index (κ3) is 2.89. The van der Waals surface area contributed by atoms with Gasteiger partial charge in [0.1, 0.15) is 5.82 Å². The van der Waals surface area contributed by atoms with Crippen LogP contribution >= 0.6 is 0 Å². The van der Waals surface area contributed by atoms with Crippen LogP contribution in [0, 0.1) is 0 Å². The first-order chi connectivity index (χ1) is 13.3. The number of carbonyl (C=O) groups excluding carboxylic acids is 1. The highest BCUT2D eigenvalue weighted by Gasteiger charge is 2.51. The summed E-state index contributed by atoms with van der Waals surface area (Å²) < 4.78 is 33.0. The topological polar surface area (TPSA) is 95.5 Å². The predicted octanol–water partition coefficient (Wildman–Crippen LogP) is 2.49. The van der Waals surface area contributed by atoms with Crippen molar-refractivity contribution >= 4 is 22.5 Å².